The Morgan fingerprint density at radius 2 is 2.28 bits per heavy atom. The molecular formula is C12H12N2O4. The van der Waals surface area contributed by atoms with Crippen molar-refractivity contribution >= 4 is 11.7 Å². The van der Waals surface area contributed by atoms with E-state index in [4.69, 9.17) is 11.5 Å². The third kappa shape index (κ3) is 4.23. The molecule has 0 aliphatic rings. The van der Waals surface area contributed by atoms with E-state index < -0.39 is 10.9 Å². The topological polar surface area (TPSA) is 83.7 Å². The monoisotopic (exact) mass is 248 g/mol. The molecule has 94 valence electrons. The molecule has 0 aliphatic heterocycles. The van der Waals surface area contributed by atoms with Crippen molar-refractivity contribution in [1.29, 1.82) is 0 Å². The average molecular weight is 248 g/mol. The lowest BCUT2D eigenvalue weighted by atomic mass is 10.2. The molecule has 0 amide bonds. The Kier molecular flexibility index (Phi) is 4.84. The fraction of sp³-hybridized carbons (Fsp3) is 0.250. The number of nitrogens with zero attached hydrogens (tertiary/aromatic N) is 2. The first-order valence-corrected chi connectivity index (χ1v) is 5.14. The first-order chi connectivity index (χ1) is 8.52. The fourth-order valence-corrected chi connectivity index (χ4v) is 1.51. The number of rotatable bonds is 6. The summed E-state index contributed by atoms with van der Waals surface area (Å²) in [6.45, 7) is 0.236. The number of carboxylic acids is 1. The zero-order chi connectivity index (χ0) is 13.5. The van der Waals surface area contributed by atoms with Crippen molar-refractivity contribution in [1.82, 2.24) is 4.90 Å². The van der Waals surface area contributed by atoms with E-state index in [0.717, 1.165) is 0 Å². The third-order valence-electron chi connectivity index (χ3n) is 2.20. The highest BCUT2D eigenvalue weighted by atomic mass is 16.6. The van der Waals surface area contributed by atoms with Crippen molar-refractivity contribution in [3.05, 3.63) is 39.9 Å². The molecule has 6 nitrogen and oxygen atoms in total. The van der Waals surface area contributed by atoms with Gasteiger partial charge in [-0.05, 0) is 5.56 Å². The Bertz CT molecular complexity index is 493. The van der Waals surface area contributed by atoms with E-state index >= 15 is 0 Å². The molecule has 0 heterocycles. The van der Waals surface area contributed by atoms with Crippen LogP contribution in [0.4, 0.5) is 5.69 Å². The van der Waals surface area contributed by atoms with Crippen LogP contribution in [0.1, 0.15) is 5.56 Å². The van der Waals surface area contributed by atoms with Gasteiger partial charge in [0.1, 0.15) is 0 Å². The van der Waals surface area contributed by atoms with Crippen LogP contribution >= 0.6 is 0 Å². The maximum absolute atomic E-state index is 10.6. The van der Waals surface area contributed by atoms with Gasteiger partial charge in [0.05, 0.1) is 18.0 Å². The lowest BCUT2D eigenvalue weighted by molar-refractivity contribution is -0.384. The van der Waals surface area contributed by atoms with Crippen LogP contribution in [-0.2, 0) is 11.3 Å². The highest BCUT2D eigenvalue weighted by molar-refractivity contribution is 5.69. The van der Waals surface area contributed by atoms with Gasteiger partial charge in [0.15, 0.2) is 0 Å². The highest BCUT2D eigenvalue weighted by Gasteiger charge is 2.11. The fourth-order valence-electron chi connectivity index (χ4n) is 1.51. The summed E-state index contributed by atoms with van der Waals surface area (Å²) in [5.41, 5.74) is 0.629. The number of carboxylic acid groups (broad SMARTS) is 1. The minimum Gasteiger partial charge on any atom is -0.480 e. The number of carbonyl (C=O) groups is 1. The Morgan fingerprint density at radius 1 is 1.56 bits per heavy atom. The van der Waals surface area contributed by atoms with Crippen LogP contribution in [0.5, 0.6) is 0 Å². The molecule has 0 radical (unpaired) electrons. The predicted molar refractivity (Wildman–Crippen MR) is 64.8 cm³/mol. The predicted octanol–water partition coefficient (Wildman–Crippen LogP) is 1.11. The number of non-ortho nitro benzene ring substituents is 1. The maximum atomic E-state index is 10.6. The highest BCUT2D eigenvalue weighted by Crippen LogP contribution is 2.14. The van der Waals surface area contributed by atoms with Gasteiger partial charge in [-0.1, -0.05) is 18.1 Å². The first kappa shape index (κ1) is 13.7. The van der Waals surface area contributed by atoms with Crippen LogP contribution in [0.25, 0.3) is 0 Å². The Labute approximate surface area is 104 Å². The molecule has 0 atom stereocenters. The Balaban J connectivity index is 2.80. The van der Waals surface area contributed by atoms with Crippen molar-refractivity contribution in [2.75, 3.05) is 13.1 Å². The molecule has 6 heteroatoms. The van der Waals surface area contributed by atoms with Crippen LogP contribution in [0.3, 0.4) is 0 Å². The van der Waals surface area contributed by atoms with Crippen LogP contribution in [0, 0.1) is 22.5 Å². The molecule has 1 N–H and O–H groups in total. The largest absolute Gasteiger partial charge is 0.480 e. The number of benzene rings is 1. The number of nitro groups is 1. The molecule has 0 saturated carbocycles. The van der Waals surface area contributed by atoms with Gasteiger partial charge in [0, 0.05) is 18.7 Å². The summed E-state index contributed by atoms with van der Waals surface area (Å²) < 4.78 is 0. The van der Waals surface area contributed by atoms with E-state index in [-0.39, 0.29) is 25.3 Å². The van der Waals surface area contributed by atoms with E-state index in [9.17, 15) is 14.9 Å². The molecule has 0 fully saturated rings. The van der Waals surface area contributed by atoms with Crippen molar-refractivity contribution in [2.45, 2.75) is 6.54 Å². The van der Waals surface area contributed by atoms with Gasteiger partial charge < -0.3 is 5.11 Å². The van der Waals surface area contributed by atoms with Gasteiger partial charge in [0.25, 0.3) is 5.69 Å². The molecule has 0 aliphatic carbocycles. The second-order valence-electron chi connectivity index (χ2n) is 3.67. The molecule has 1 rings (SSSR count). The summed E-state index contributed by atoms with van der Waals surface area (Å²) in [7, 11) is 0. The average Bonchev–Trinajstić information content (AvgIpc) is 2.28. The minimum atomic E-state index is -0.990. The molecule has 1 aromatic carbocycles. The lowest BCUT2D eigenvalue weighted by Gasteiger charge is -2.17. The summed E-state index contributed by atoms with van der Waals surface area (Å²) in [5, 5.41) is 19.3. The molecule has 0 saturated heterocycles. The standard InChI is InChI=1S/C12H12N2O4/c1-2-6-13(9-12(15)16)8-10-4-3-5-11(7-10)14(17)18/h1,3-5,7H,6,8-9H2,(H,15,16). The molecule has 0 bridgehead atoms. The number of terminal acetylenes is 1. The van der Waals surface area contributed by atoms with Crippen LogP contribution in [-0.4, -0.2) is 34.0 Å². The zero-order valence-corrected chi connectivity index (χ0v) is 9.57. The van der Waals surface area contributed by atoms with Gasteiger partial charge in [0.2, 0.25) is 0 Å². The number of aliphatic carboxylic acids is 1. The summed E-state index contributed by atoms with van der Waals surface area (Å²) >= 11 is 0. The molecule has 0 unspecified atom stereocenters. The summed E-state index contributed by atoms with van der Waals surface area (Å²) in [6, 6.07) is 6.04. The van der Waals surface area contributed by atoms with Gasteiger partial charge in [-0.2, -0.15) is 0 Å². The van der Waals surface area contributed by atoms with E-state index in [1.165, 1.54) is 17.0 Å². The van der Waals surface area contributed by atoms with E-state index in [0.29, 0.717) is 5.56 Å². The summed E-state index contributed by atoms with van der Waals surface area (Å²) in [5.74, 6) is 1.37. The van der Waals surface area contributed by atoms with Gasteiger partial charge in [-0.15, -0.1) is 6.42 Å². The third-order valence-corrected chi connectivity index (χ3v) is 2.20. The first-order valence-electron chi connectivity index (χ1n) is 5.14. The van der Waals surface area contributed by atoms with Gasteiger partial charge in [-0.25, -0.2) is 0 Å². The van der Waals surface area contributed by atoms with Crippen LogP contribution in [0.2, 0.25) is 0 Å². The van der Waals surface area contributed by atoms with Crippen molar-refractivity contribution in [2.24, 2.45) is 0 Å². The van der Waals surface area contributed by atoms with E-state index in [2.05, 4.69) is 5.92 Å². The second kappa shape index (κ2) is 6.37. The Morgan fingerprint density at radius 3 is 2.83 bits per heavy atom. The van der Waals surface area contributed by atoms with Crippen LogP contribution < -0.4 is 0 Å². The number of nitro benzene ring substituents is 1. The van der Waals surface area contributed by atoms with Crippen molar-refractivity contribution in [3.63, 3.8) is 0 Å². The van der Waals surface area contributed by atoms with E-state index in [1.807, 2.05) is 0 Å². The summed E-state index contributed by atoms with van der Waals surface area (Å²) in [6.07, 6.45) is 5.14. The number of hydrogen-bond acceptors (Lipinski definition) is 4. The van der Waals surface area contributed by atoms with Crippen LogP contribution in [0.15, 0.2) is 24.3 Å². The normalized spacial score (nSPS) is 10.0. The van der Waals surface area contributed by atoms with Gasteiger partial charge >= 0.3 is 5.97 Å². The van der Waals surface area contributed by atoms with Crippen molar-refractivity contribution in [3.8, 4) is 12.3 Å². The zero-order valence-electron chi connectivity index (χ0n) is 9.57. The smallest absolute Gasteiger partial charge is 0.317 e. The Hall–Kier alpha value is -2.39. The minimum absolute atomic E-state index is 0.0246. The number of hydrogen-bond donors (Lipinski definition) is 1. The molecule has 1 aromatic rings. The molecule has 0 spiro atoms. The SMILES string of the molecule is C#CCN(CC(=O)O)Cc1cccc([N+](=O)[O-])c1. The van der Waals surface area contributed by atoms with E-state index in [1.54, 1.807) is 12.1 Å². The quantitative estimate of drug-likeness (QED) is 0.463. The second-order valence-corrected chi connectivity index (χ2v) is 3.67. The molecule has 18 heavy (non-hydrogen) atoms. The maximum Gasteiger partial charge on any atom is 0.317 e. The lowest BCUT2D eigenvalue weighted by Crippen LogP contribution is -2.29. The molecule has 0 aromatic heterocycles. The van der Waals surface area contributed by atoms with Crippen molar-refractivity contribution < 1.29 is 14.8 Å². The summed E-state index contributed by atoms with van der Waals surface area (Å²) in [4.78, 5) is 22.3. The van der Waals surface area contributed by atoms with Gasteiger partial charge in [-0.3, -0.25) is 19.8 Å². The molecular weight excluding hydrogens is 236 g/mol.